The van der Waals surface area contributed by atoms with E-state index in [4.69, 9.17) is 4.74 Å². The van der Waals surface area contributed by atoms with Crippen molar-refractivity contribution in [2.24, 2.45) is 11.8 Å². The van der Waals surface area contributed by atoms with E-state index in [0.717, 1.165) is 17.6 Å². The molecule has 1 aromatic rings. The quantitative estimate of drug-likeness (QED) is 0.917. The SMILES string of the molecule is CC(C)Oc1cncc(C2CCC3CNCC(C3)C2)c1. The van der Waals surface area contributed by atoms with Crippen molar-refractivity contribution in [1.29, 1.82) is 0 Å². The molecular weight excluding hydrogens is 248 g/mol. The highest BCUT2D eigenvalue weighted by Gasteiger charge is 2.29. The van der Waals surface area contributed by atoms with Crippen molar-refractivity contribution in [3.8, 4) is 5.75 Å². The third-order valence-corrected chi connectivity index (χ3v) is 4.65. The first-order valence-electron chi connectivity index (χ1n) is 8.03. The third-order valence-electron chi connectivity index (χ3n) is 4.65. The zero-order valence-corrected chi connectivity index (χ0v) is 12.6. The molecule has 3 rings (SSSR count). The molecule has 110 valence electrons. The van der Waals surface area contributed by atoms with E-state index in [0.29, 0.717) is 5.92 Å². The summed E-state index contributed by atoms with van der Waals surface area (Å²) in [7, 11) is 0. The van der Waals surface area contributed by atoms with E-state index >= 15 is 0 Å². The summed E-state index contributed by atoms with van der Waals surface area (Å²) in [6, 6.07) is 2.21. The van der Waals surface area contributed by atoms with Gasteiger partial charge in [-0.3, -0.25) is 4.98 Å². The molecule has 2 heterocycles. The zero-order chi connectivity index (χ0) is 13.9. The summed E-state index contributed by atoms with van der Waals surface area (Å²) in [6.07, 6.45) is 9.46. The molecule has 0 radical (unpaired) electrons. The Labute approximate surface area is 122 Å². The van der Waals surface area contributed by atoms with Gasteiger partial charge in [-0.1, -0.05) is 0 Å². The van der Waals surface area contributed by atoms with Gasteiger partial charge in [0.05, 0.1) is 12.3 Å². The Morgan fingerprint density at radius 1 is 1.15 bits per heavy atom. The molecule has 1 N–H and O–H groups in total. The Hall–Kier alpha value is -1.09. The number of rotatable bonds is 3. The normalized spacial score (nSPS) is 30.1. The summed E-state index contributed by atoms with van der Waals surface area (Å²) in [4.78, 5) is 4.39. The first-order chi connectivity index (χ1) is 9.70. The Kier molecular flexibility index (Phi) is 4.25. The van der Waals surface area contributed by atoms with Gasteiger partial charge in [0.1, 0.15) is 5.75 Å². The van der Waals surface area contributed by atoms with Crippen LogP contribution in [0.15, 0.2) is 18.5 Å². The van der Waals surface area contributed by atoms with E-state index in [1.807, 2.05) is 12.4 Å². The molecule has 1 aliphatic heterocycles. The molecule has 1 aromatic heterocycles. The molecule has 2 aliphatic rings. The molecule has 20 heavy (non-hydrogen) atoms. The van der Waals surface area contributed by atoms with E-state index in [2.05, 4.69) is 30.2 Å². The predicted molar refractivity (Wildman–Crippen MR) is 81.1 cm³/mol. The van der Waals surface area contributed by atoms with E-state index in [-0.39, 0.29) is 6.10 Å². The smallest absolute Gasteiger partial charge is 0.138 e. The van der Waals surface area contributed by atoms with Gasteiger partial charge in [-0.25, -0.2) is 0 Å². The molecule has 1 saturated heterocycles. The number of piperidine rings is 1. The minimum absolute atomic E-state index is 0.213. The van der Waals surface area contributed by atoms with Crippen LogP contribution in [0.25, 0.3) is 0 Å². The lowest BCUT2D eigenvalue weighted by Gasteiger charge is -2.27. The highest BCUT2D eigenvalue weighted by atomic mass is 16.5. The minimum Gasteiger partial charge on any atom is -0.489 e. The number of aromatic nitrogens is 1. The maximum atomic E-state index is 5.79. The largest absolute Gasteiger partial charge is 0.489 e. The first-order valence-corrected chi connectivity index (χ1v) is 8.03. The number of fused-ring (bicyclic) bond motifs is 2. The number of pyridine rings is 1. The highest BCUT2D eigenvalue weighted by Crippen LogP contribution is 2.38. The maximum Gasteiger partial charge on any atom is 0.138 e. The van der Waals surface area contributed by atoms with Crippen LogP contribution in [-0.2, 0) is 0 Å². The summed E-state index contributed by atoms with van der Waals surface area (Å²) < 4.78 is 5.79. The lowest BCUT2D eigenvalue weighted by Crippen LogP contribution is -2.35. The van der Waals surface area contributed by atoms with E-state index < -0.39 is 0 Å². The van der Waals surface area contributed by atoms with Crippen molar-refractivity contribution in [2.75, 3.05) is 13.1 Å². The van der Waals surface area contributed by atoms with Crippen molar-refractivity contribution in [2.45, 2.75) is 51.6 Å². The van der Waals surface area contributed by atoms with E-state index in [9.17, 15) is 0 Å². The van der Waals surface area contributed by atoms with Gasteiger partial charge in [-0.2, -0.15) is 0 Å². The van der Waals surface area contributed by atoms with Gasteiger partial charge < -0.3 is 10.1 Å². The van der Waals surface area contributed by atoms with Crippen LogP contribution in [0.4, 0.5) is 0 Å². The van der Waals surface area contributed by atoms with Gasteiger partial charge in [0, 0.05) is 6.20 Å². The fourth-order valence-corrected chi connectivity index (χ4v) is 3.78. The Balaban J connectivity index is 1.74. The van der Waals surface area contributed by atoms with E-state index in [1.165, 1.54) is 44.3 Å². The van der Waals surface area contributed by atoms with Gasteiger partial charge in [-0.05, 0) is 82.0 Å². The van der Waals surface area contributed by atoms with Gasteiger partial charge >= 0.3 is 0 Å². The molecule has 3 heteroatoms. The fourth-order valence-electron chi connectivity index (χ4n) is 3.78. The Bertz CT molecular complexity index is 446. The molecule has 2 fully saturated rings. The van der Waals surface area contributed by atoms with Crippen LogP contribution >= 0.6 is 0 Å². The second-order valence-corrected chi connectivity index (χ2v) is 6.76. The van der Waals surface area contributed by atoms with Crippen LogP contribution in [0.2, 0.25) is 0 Å². The number of hydrogen-bond acceptors (Lipinski definition) is 3. The van der Waals surface area contributed by atoms with Gasteiger partial charge in [0.25, 0.3) is 0 Å². The molecule has 0 spiro atoms. The standard InChI is InChI=1S/C17H26N2O/c1-12(2)20-17-7-16(10-19-11-17)15-4-3-13-5-14(6-15)9-18-8-13/h7,10-15,18H,3-6,8-9H2,1-2H3. The molecule has 0 amide bonds. The molecule has 1 aliphatic carbocycles. The van der Waals surface area contributed by atoms with Gasteiger partial charge in [0.15, 0.2) is 0 Å². The Morgan fingerprint density at radius 2 is 2.00 bits per heavy atom. The van der Waals surface area contributed by atoms with Gasteiger partial charge in [-0.15, -0.1) is 0 Å². The molecule has 3 atom stereocenters. The van der Waals surface area contributed by atoms with E-state index in [1.54, 1.807) is 0 Å². The predicted octanol–water partition coefficient (Wildman–Crippen LogP) is 3.36. The van der Waals surface area contributed by atoms with Crippen molar-refractivity contribution < 1.29 is 4.74 Å². The first kappa shape index (κ1) is 13.9. The lowest BCUT2D eigenvalue weighted by atomic mass is 9.87. The maximum absolute atomic E-state index is 5.79. The highest BCUT2D eigenvalue weighted by molar-refractivity contribution is 5.27. The molecule has 0 aromatic carbocycles. The minimum atomic E-state index is 0.213. The number of nitrogens with zero attached hydrogens (tertiary/aromatic N) is 1. The molecule has 3 nitrogen and oxygen atoms in total. The topological polar surface area (TPSA) is 34.1 Å². The van der Waals surface area contributed by atoms with Crippen LogP contribution in [0.3, 0.4) is 0 Å². The summed E-state index contributed by atoms with van der Waals surface area (Å²) >= 11 is 0. The summed E-state index contributed by atoms with van der Waals surface area (Å²) in [5, 5.41) is 3.60. The number of hydrogen-bond donors (Lipinski definition) is 1. The second-order valence-electron chi connectivity index (χ2n) is 6.76. The fraction of sp³-hybridized carbons (Fsp3) is 0.706. The monoisotopic (exact) mass is 274 g/mol. The molecular formula is C17H26N2O. The van der Waals surface area contributed by atoms with Crippen molar-refractivity contribution in [3.63, 3.8) is 0 Å². The lowest BCUT2D eigenvalue weighted by molar-refractivity contribution is 0.241. The van der Waals surface area contributed by atoms with Crippen LogP contribution < -0.4 is 10.1 Å². The second kappa shape index (κ2) is 6.13. The van der Waals surface area contributed by atoms with Gasteiger partial charge in [0.2, 0.25) is 0 Å². The summed E-state index contributed by atoms with van der Waals surface area (Å²) in [5.74, 6) is 3.31. The molecule has 3 unspecified atom stereocenters. The third kappa shape index (κ3) is 3.32. The molecule has 2 bridgehead atoms. The Morgan fingerprint density at radius 3 is 2.85 bits per heavy atom. The van der Waals surface area contributed by atoms with Crippen LogP contribution in [-0.4, -0.2) is 24.2 Å². The zero-order valence-electron chi connectivity index (χ0n) is 12.6. The average molecular weight is 274 g/mol. The van der Waals surface area contributed by atoms with Crippen LogP contribution in [0.1, 0.15) is 51.0 Å². The average Bonchev–Trinajstić information content (AvgIpc) is 2.57. The molecule has 1 saturated carbocycles. The van der Waals surface area contributed by atoms with Crippen LogP contribution in [0.5, 0.6) is 5.75 Å². The van der Waals surface area contributed by atoms with Crippen molar-refractivity contribution in [3.05, 3.63) is 24.0 Å². The van der Waals surface area contributed by atoms with Crippen molar-refractivity contribution in [1.82, 2.24) is 10.3 Å². The number of nitrogens with one attached hydrogen (secondary N) is 1. The number of ether oxygens (including phenoxy) is 1. The summed E-state index contributed by atoms with van der Waals surface area (Å²) in [6.45, 7) is 6.54. The van der Waals surface area contributed by atoms with Crippen LogP contribution in [0, 0.1) is 11.8 Å². The van der Waals surface area contributed by atoms with Crippen molar-refractivity contribution >= 4 is 0 Å². The summed E-state index contributed by atoms with van der Waals surface area (Å²) in [5.41, 5.74) is 1.37.